The molecule has 0 saturated carbocycles. The van der Waals surface area contributed by atoms with E-state index in [0.29, 0.717) is 0 Å². The summed E-state index contributed by atoms with van der Waals surface area (Å²) in [5, 5.41) is 12.9. The van der Waals surface area contributed by atoms with E-state index < -0.39 is 0 Å². The number of aliphatic hydroxyl groups is 1. The molecule has 2 aliphatic rings. The molecule has 4 rings (SSSR count). The van der Waals surface area contributed by atoms with Gasteiger partial charge in [-0.15, -0.1) is 0 Å². The number of aliphatic hydroxyl groups excluding tert-OH is 1. The van der Waals surface area contributed by atoms with Gasteiger partial charge in [-0.05, 0) is 35.6 Å². The highest BCUT2D eigenvalue weighted by Gasteiger charge is 2.17. The first-order valence-corrected chi connectivity index (χ1v) is 8.69. The Morgan fingerprint density at radius 2 is 1.92 bits per heavy atom. The molecule has 0 radical (unpaired) electrons. The van der Waals surface area contributed by atoms with E-state index in [9.17, 15) is 5.11 Å². The monoisotopic (exact) mass is 321 g/mol. The summed E-state index contributed by atoms with van der Waals surface area (Å²) in [4.78, 5) is 6.84. The number of piperidine rings is 1. The first-order chi connectivity index (χ1) is 11.8. The van der Waals surface area contributed by atoms with Crippen LogP contribution in [-0.2, 0) is 6.54 Å². The van der Waals surface area contributed by atoms with Gasteiger partial charge in [-0.25, -0.2) is 4.98 Å². The van der Waals surface area contributed by atoms with Crippen LogP contribution in [0.5, 0.6) is 0 Å². The van der Waals surface area contributed by atoms with E-state index in [1.54, 1.807) is 0 Å². The lowest BCUT2D eigenvalue weighted by Crippen LogP contribution is -2.35. The molecule has 4 heteroatoms. The van der Waals surface area contributed by atoms with Crippen molar-refractivity contribution in [2.45, 2.75) is 25.5 Å². The molecule has 0 spiro atoms. The fourth-order valence-corrected chi connectivity index (χ4v) is 3.49. The van der Waals surface area contributed by atoms with E-state index in [4.69, 9.17) is 0 Å². The number of hydrogen-bond donors (Lipinski definition) is 2. The summed E-state index contributed by atoms with van der Waals surface area (Å²) in [5.41, 5.74) is 4.93. The maximum absolute atomic E-state index is 9.61. The minimum atomic E-state index is -0.108. The van der Waals surface area contributed by atoms with Crippen molar-refractivity contribution in [3.8, 4) is 11.1 Å². The first-order valence-electron chi connectivity index (χ1n) is 8.69. The summed E-state index contributed by atoms with van der Waals surface area (Å²) in [6.07, 6.45) is 7.82. The van der Waals surface area contributed by atoms with Crippen molar-refractivity contribution in [2.24, 2.45) is 0 Å². The van der Waals surface area contributed by atoms with Gasteiger partial charge in [0.25, 0.3) is 0 Å². The Hall–Kier alpha value is -2.17. The fraction of sp³-hybridized carbons (Fsp3) is 0.350. The van der Waals surface area contributed by atoms with Gasteiger partial charge in [-0.3, -0.25) is 4.90 Å². The van der Waals surface area contributed by atoms with Crippen LogP contribution in [0.2, 0.25) is 0 Å². The minimum absolute atomic E-state index is 0.108. The summed E-state index contributed by atoms with van der Waals surface area (Å²) in [7, 11) is 0. The normalized spacial score (nSPS) is 18.2. The van der Waals surface area contributed by atoms with Crippen LogP contribution in [-0.4, -0.2) is 40.7 Å². The van der Waals surface area contributed by atoms with Crippen molar-refractivity contribution >= 4 is 11.9 Å². The highest BCUT2D eigenvalue weighted by Crippen LogP contribution is 2.30. The first kappa shape index (κ1) is 15.4. The molecule has 124 valence electrons. The Morgan fingerprint density at radius 1 is 1.12 bits per heavy atom. The predicted octanol–water partition coefficient (Wildman–Crippen LogP) is 3.14. The summed E-state index contributed by atoms with van der Waals surface area (Å²) in [6.45, 7) is 3.77. The molecule has 24 heavy (non-hydrogen) atoms. The topological polar surface area (TPSA) is 48.4 Å². The Morgan fingerprint density at radius 3 is 2.71 bits per heavy atom. The number of hydrogen-bond acceptors (Lipinski definition) is 4. The number of pyridine rings is 1. The number of aromatic nitrogens is 1. The van der Waals surface area contributed by atoms with Crippen molar-refractivity contribution in [2.75, 3.05) is 25.0 Å². The Balaban J connectivity index is 1.52. The zero-order chi connectivity index (χ0) is 16.4. The van der Waals surface area contributed by atoms with Crippen molar-refractivity contribution in [3.63, 3.8) is 0 Å². The molecule has 4 nitrogen and oxygen atoms in total. The SMILES string of the molecule is OC1CCN(Cc2ccc(-c3ccnc4c3C=CCN4)cc2)CC1. The lowest BCUT2D eigenvalue weighted by Gasteiger charge is -2.29. The Labute approximate surface area is 142 Å². The van der Waals surface area contributed by atoms with Gasteiger partial charge in [-0.1, -0.05) is 36.4 Å². The van der Waals surface area contributed by atoms with Gasteiger partial charge in [0.2, 0.25) is 0 Å². The second kappa shape index (κ2) is 6.75. The average Bonchev–Trinajstić information content (AvgIpc) is 2.64. The number of nitrogens with zero attached hydrogens (tertiary/aromatic N) is 2. The molecule has 2 N–H and O–H groups in total. The van der Waals surface area contributed by atoms with Gasteiger partial charge in [-0.2, -0.15) is 0 Å². The third-order valence-electron chi connectivity index (χ3n) is 4.89. The molecule has 0 amide bonds. The standard InChI is InChI=1S/C20H23N3O/c24-17-8-12-23(13-9-17)14-15-3-5-16(6-4-15)18-7-11-22-20-19(18)2-1-10-21-20/h1-7,11,17,24H,8-10,12-14H2,(H,21,22). The van der Waals surface area contributed by atoms with Crippen molar-refractivity contribution in [3.05, 3.63) is 53.7 Å². The largest absolute Gasteiger partial charge is 0.393 e. The molecule has 0 aliphatic carbocycles. The summed E-state index contributed by atoms with van der Waals surface area (Å²) >= 11 is 0. The second-order valence-corrected chi connectivity index (χ2v) is 6.61. The van der Waals surface area contributed by atoms with E-state index in [0.717, 1.165) is 44.8 Å². The minimum Gasteiger partial charge on any atom is -0.393 e. The smallest absolute Gasteiger partial charge is 0.134 e. The van der Waals surface area contributed by atoms with Crippen LogP contribution in [0.15, 0.2) is 42.6 Å². The van der Waals surface area contributed by atoms with Gasteiger partial charge >= 0.3 is 0 Å². The number of likely N-dealkylation sites (tertiary alicyclic amines) is 1. The number of anilines is 1. The maximum atomic E-state index is 9.61. The number of nitrogens with one attached hydrogen (secondary N) is 1. The van der Waals surface area contributed by atoms with Crippen LogP contribution in [0.1, 0.15) is 24.0 Å². The van der Waals surface area contributed by atoms with Crippen LogP contribution in [0.4, 0.5) is 5.82 Å². The van der Waals surface area contributed by atoms with Gasteiger partial charge in [0, 0.05) is 37.9 Å². The van der Waals surface area contributed by atoms with Crippen molar-refractivity contribution in [1.82, 2.24) is 9.88 Å². The third-order valence-corrected chi connectivity index (χ3v) is 4.89. The lowest BCUT2D eigenvalue weighted by atomic mass is 9.98. The van der Waals surface area contributed by atoms with Crippen LogP contribution in [0.3, 0.4) is 0 Å². The summed E-state index contributed by atoms with van der Waals surface area (Å²) < 4.78 is 0. The van der Waals surface area contributed by atoms with Gasteiger partial charge in [0.1, 0.15) is 5.82 Å². The molecular formula is C20H23N3O. The maximum Gasteiger partial charge on any atom is 0.134 e. The molecule has 0 atom stereocenters. The molecule has 1 aromatic heterocycles. The molecule has 3 heterocycles. The Bertz CT molecular complexity index is 731. The zero-order valence-electron chi connectivity index (χ0n) is 13.8. The second-order valence-electron chi connectivity index (χ2n) is 6.61. The average molecular weight is 321 g/mol. The highest BCUT2D eigenvalue weighted by atomic mass is 16.3. The van der Waals surface area contributed by atoms with E-state index >= 15 is 0 Å². The molecule has 1 fully saturated rings. The van der Waals surface area contributed by atoms with Gasteiger partial charge in [0.15, 0.2) is 0 Å². The molecule has 0 bridgehead atoms. The Kier molecular flexibility index (Phi) is 4.32. The quantitative estimate of drug-likeness (QED) is 0.912. The summed E-state index contributed by atoms with van der Waals surface area (Å²) in [5.74, 6) is 0.964. The van der Waals surface area contributed by atoms with Gasteiger partial charge in [0.05, 0.1) is 6.10 Å². The van der Waals surface area contributed by atoms with Crippen molar-refractivity contribution < 1.29 is 5.11 Å². The number of fused-ring (bicyclic) bond motifs is 1. The molecular weight excluding hydrogens is 298 g/mol. The van der Waals surface area contributed by atoms with Crippen LogP contribution < -0.4 is 5.32 Å². The number of benzene rings is 1. The molecule has 2 aromatic rings. The zero-order valence-corrected chi connectivity index (χ0v) is 13.8. The van der Waals surface area contributed by atoms with Crippen molar-refractivity contribution in [1.29, 1.82) is 0 Å². The highest BCUT2D eigenvalue weighted by molar-refractivity contribution is 5.82. The fourth-order valence-electron chi connectivity index (χ4n) is 3.49. The molecule has 0 unspecified atom stereocenters. The van der Waals surface area contributed by atoms with E-state index in [2.05, 4.69) is 57.7 Å². The summed E-state index contributed by atoms with van der Waals surface area (Å²) in [6, 6.07) is 10.9. The number of rotatable bonds is 3. The molecule has 1 aromatic carbocycles. The van der Waals surface area contributed by atoms with Gasteiger partial charge < -0.3 is 10.4 Å². The van der Waals surface area contributed by atoms with E-state index in [1.165, 1.54) is 22.3 Å². The molecule has 1 saturated heterocycles. The van der Waals surface area contributed by atoms with E-state index in [1.807, 2.05) is 6.20 Å². The van der Waals surface area contributed by atoms with E-state index in [-0.39, 0.29) is 6.10 Å². The lowest BCUT2D eigenvalue weighted by molar-refractivity contribution is 0.0792. The third kappa shape index (κ3) is 3.21. The molecule has 2 aliphatic heterocycles. The van der Waals surface area contributed by atoms with Crippen LogP contribution in [0.25, 0.3) is 17.2 Å². The van der Waals surface area contributed by atoms with Crippen LogP contribution in [0, 0.1) is 0 Å². The van der Waals surface area contributed by atoms with Crippen LogP contribution >= 0.6 is 0 Å². The predicted molar refractivity (Wildman–Crippen MR) is 97.7 cm³/mol.